The Hall–Kier alpha value is -4.06. The van der Waals surface area contributed by atoms with Crippen LogP contribution in [0.15, 0.2) is 78.9 Å². The highest BCUT2D eigenvalue weighted by Gasteiger charge is 2.25. The van der Waals surface area contributed by atoms with E-state index >= 15 is 0 Å². The van der Waals surface area contributed by atoms with E-state index in [0.29, 0.717) is 33.9 Å². The van der Waals surface area contributed by atoms with Gasteiger partial charge in [0.15, 0.2) is 17.6 Å². The maximum Gasteiger partial charge on any atom is 0.331 e. The average Bonchev–Trinajstić information content (AvgIpc) is 2.85. The van der Waals surface area contributed by atoms with Crippen LogP contribution in [0.2, 0.25) is 0 Å². The van der Waals surface area contributed by atoms with Gasteiger partial charge in [0.2, 0.25) is 11.5 Å². The van der Waals surface area contributed by atoms with Gasteiger partial charge in [-0.05, 0) is 23.8 Å². The molecule has 0 heterocycles. The fourth-order valence-corrected chi connectivity index (χ4v) is 3.17. The highest BCUT2D eigenvalue weighted by atomic mass is 16.5. The van der Waals surface area contributed by atoms with Crippen molar-refractivity contribution in [3.8, 4) is 17.2 Å². The monoisotopic (exact) mass is 432 g/mol. The van der Waals surface area contributed by atoms with Gasteiger partial charge in [-0.2, -0.15) is 0 Å². The van der Waals surface area contributed by atoms with Crippen molar-refractivity contribution < 1.29 is 28.5 Å². The third-order valence-corrected chi connectivity index (χ3v) is 4.73. The van der Waals surface area contributed by atoms with E-state index in [-0.39, 0.29) is 5.78 Å². The van der Waals surface area contributed by atoms with E-state index in [2.05, 4.69) is 0 Å². The van der Waals surface area contributed by atoms with Gasteiger partial charge < -0.3 is 18.9 Å². The molecule has 0 radical (unpaired) electrons. The summed E-state index contributed by atoms with van der Waals surface area (Å²) < 4.78 is 21.5. The lowest BCUT2D eigenvalue weighted by Crippen LogP contribution is -2.19. The Balaban J connectivity index is 1.84. The highest BCUT2D eigenvalue weighted by Crippen LogP contribution is 2.38. The predicted octanol–water partition coefficient (Wildman–Crippen LogP) is 4.89. The second-order valence-corrected chi connectivity index (χ2v) is 6.75. The number of esters is 1. The zero-order valence-corrected chi connectivity index (χ0v) is 18.1. The van der Waals surface area contributed by atoms with Crippen LogP contribution < -0.4 is 14.2 Å². The molecule has 6 nitrogen and oxygen atoms in total. The molecule has 164 valence electrons. The predicted molar refractivity (Wildman–Crippen MR) is 121 cm³/mol. The molecule has 0 saturated carbocycles. The number of ketones is 1. The molecule has 32 heavy (non-hydrogen) atoms. The molecule has 1 atom stereocenters. The van der Waals surface area contributed by atoms with Crippen LogP contribution in [0.1, 0.15) is 27.6 Å². The van der Waals surface area contributed by atoms with E-state index in [0.717, 1.165) is 0 Å². The van der Waals surface area contributed by atoms with Crippen LogP contribution in [0.4, 0.5) is 0 Å². The standard InChI is InChI=1S/C26H24O6/c1-29-21-16-18(17-22(30-2)26(21)31-3)14-15-23(27)32-25(20-12-8-5-9-13-20)24(28)19-10-6-4-7-11-19/h4-17,25H,1-3H3/b15-14+. The van der Waals surface area contributed by atoms with Crippen LogP contribution in [0.3, 0.4) is 0 Å². The Morgan fingerprint density at radius 2 is 1.34 bits per heavy atom. The van der Waals surface area contributed by atoms with Crippen molar-refractivity contribution in [1.29, 1.82) is 0 Å². The molecule has 0 N–H and O–H groups in total. The first-order valence-electron chi connectivity index (χ1n) is 9.90. The van der Waals surface area contributed by atoms with Gasteiger partial charge >= 0.3 is 5.97 Å². The van der Waals surface area contributed by atoms with E-state index in [1.807, 2.05) is 12.1 Å². The normalized spacial score (nSPS) is 11.6. The Morgan fingerprint density at radius 3 is 1.88 bits per heavy atom. The molecule has 1 unspecified atom stereocenters. The summed E-state index contributed by atoms with van der Waals surface area (Å²) in [6.07, 6.45) is 1.76. The number of methoxy groups -OCH3 is 3. The lowest BCUT2D eigenvalue weighted by molar-refractivity contribution is -0.141. The Kier molecular flexibility index (Phi) is 7.65. The van der Waals surface area contributed by atoms with Crippen LogP contribution in [0.25, 0.3) is 6.08 Å². The number of rotatable bonds is 9. The first kappa shape index (κ1) is 22.6. The third kappa shape index (κ3) is 5.35. The molecular weight excluding hydrogens is 408 g/mol. The third-order valence-electron chi connectivity index (χ3n) is 4.73. The second-order valence-electron chi connectivity index (χ2n) is 6.75. The second kappa shape index (κ2) is 10.8. The van der Waals surface area contributed by atoms with Gasteiger partial charge in [-0.3, -0.25) is 4.79 Å². The first-order valence-corrected chi connectivity index (χ1v) is 9.90. The molecule has 0 fully saturated rings. The van der Waals surface area contributed by atoms with Crippen molar-refractivity contribution >= 4 is 17.8 Å². The Bertz CT molecular complexity index is 1060. The number of benzene rings is 3. The molecule has 6 heteroatoms. The summed E-state index contributed by atoms with van der Waals surface area (Å²) in [7, 11) is 4.54. The number of hydrogen-bond donors (Lipinski definition) is 0. The Labute approximate surface area is 187 Å². The minimum Gasteiger partial charge on any atom is -0.493 e. The quantitative estimate of drug-likeness (QED) is 0.272. The SMILES string of the molecule is COc1cc(/C=C/C(=O)OC(C(=O)c2ccccc2)c2ccccc2)cc(OC)c1OC. The topological polar surface area (TPSA) is 71.1 Å². The van der Waals surface area contributed by atoms with Gasteiger partial charge in [0.25, 0.3) is 0 Å². The molecule has 3 rings (SSSR count). The summed E-state index contributed by atoms with van der Waals surface area (Å²) in [4.78, 5) is 25.7. The van der Waals surface area contributed by atoms with Gasteiger partial charge in [0, 0.05) is 17.2 Å². The molecule has 0 saturated heterocycles. The summed E-state index contributed by atoms with van der Waals surface area (Å²) in [5.74, 6) is 0.415. The van der Waals surface area contributed by atoms with E-state index in [4.69, 9.17) is 18.9 Å². The summed E-state index contributed by atoms with van der Waals surface area (Å²) in [6, 6.07) is 21.1. The molecule has 0 amide bonds. The lowest BCUT2D eigenvalue weighted by Gasteiger charge is -2.16. The molecule has 0 aromatic heterocycles. The molecular formula is C26H24O6. The van der Waals surface area contributed by atoms with Crippen LogP contribution in [0, 0.1) is 0 Å². The summed E-state index contributed by atoms with van der Waals surface area (Å²) >= 11 is 0. The average molecular weight is 432 g/mol. The molecule has 3 aromatic carbocycles. The maximum absolute atomic E-state index is 13.0. The van der Waals surface area contributed by atoms with Gasteiger partial charge in [0.05, 0.1) is 21.3 Å². The van der Waals surface area contributed by atoms with Gasteiger partial charge in [-0.15, -0.1) is 0 Å². The molecule has 3 aromatic rings. The molecule has 0 aliphatic rings. The summed E-state index contributed by atoms with van der Waals surface area (Å²) in [5, 5.41) is 0. The van der Waals surface area contributed by atoms with Crippen molar-refractivity contribution in [2.24, 2.45) is 0 Å². The highest BCUT2D eigenvalue weighted by molar-refractivity contribution is 6.01. The van der Waals surface area contributed by atoms with Gasteiger partial charge in [-0.25, -0.2) is 4.79 Å². The zero-order valence-electron chi connectivity index (χ0n) is 18.1. The van der Waals surface area contributed by atoms with E-state index in [9.17, 15) is 9.59 Å². The van der Waals surface area contributed by atoms with Crippen LogP contribution >= 0.6 is 0 Å². The lowest BCUT2D eigenvalue weighted by atomic mass is 10.00. The van der Waals surface area contributed by atoms with Crippen molar-refractivity contribution in [2.45, 2.75) is 6.10 Å². The first-order chi connectivity index (χ1) is 15.6. The van der Waals surface area contributed by atoms with Gasteiger partial charge in [0.1, 0.15) is 0 Å². The fourth-order valence-electron chi connectivity index (χ4n) is 3.17. The maximum atomic E-state index is 13.0. The minimum absolute atomic E-state index is 0.300. The summed E-state index contributed by atoms with van der Waals surface area (Å²) in [5.41, 5.74) is 1.70. The van der Waals surface area contributed by atoms with Crippen molar-refractivity contribution in [1.82, 2.24) is 0 Å². The van der Waals surface area contributed by atoms with E-state index < -0.39 is 12.1 Å². The van der Waals surface area contributed by atoms with Crippen LogP contribution in [-0.4, -0.2) is 33.1 Å². The zero-order chi connectivity index (χ0) is 22.9. The molecule has 0 spiro atoms. The van der Waals surface area contributed by atoms with E-state index in [1.54, 1.807) is 66.7 Å². The number of ether oxygens (including phenoxy) is 4. The smallest absolute Gasteiger partial charge is 0.331 e. The van der Waals surface area contributed by atoms with Crippen molar-refractivity contribution in [3.63, 3.8) is 0 Å². The minimum atomic E-state index is -1.06. The number of carbonyl (C=O) groups excluding carboxylic acids is 2. The van der Waals surface area contributed by atoms with Crippen LogP contribution in [-0.2, 0) is 9.53 Å². The molecule has 0 aliphatic heterocycles. The van der Waals surface area contributed by atoms with E-state index in [1.165, 1.54) is 27.4 Å². The fraction of sp³-hybridized carbons (Fsp3) is 0.154. The largest absolute Gasteiger partial charge is 0.493 e. The number of hydrogen-bond acceptors (Lipinski definition) is 6. The number of Topliss-reactive ketones (excluding diaryl/α,β-unsaturated/α-hetero) is 1. The van der Waals surface area contributed by atoms with Crippen molar-refractivity contribution in [3.05, 3.63) is 95.6 Å². The summed E-state index contributed by atoms with van der Waals surface area (Å²) in [6.45, 7) is 0. The van der Waals surface area contributed by atoms with Gasteiger partial charge in [-0.1, -0.05) is 60.7 Å². The Morgan fingerprint density at radius 1 is 0.781 bits per heavy atom. The molecule has 0 bridgehead atoms. The van der Waals surface area contributed by atoms with Crippen molar-refractivity contribution in [2.75, 3.05) is 21.3 Å². The van der Waals surface area contributed by atoms with Crippen LogP contribution in [0.5, 0.6) is 17.2 Å². The molecule has 0 aliphatic carbocycles. The number of carbonyl (C=O) groups is 2.